The van der Waals surface area contributed by atoms with Crippen LogP contribution in [0.25, 0.3) is 21.1 Å². The highest BCUT2D eigenvalue weighted by Crippen LogP contribution is 2.36. The van der Waals surface area contributed by atoms with E-state index < -0.39 is 0 Å². The van der Waals surface area contributed by atoms with E-state index in [-0.39, 0.29) is 5.91 Å². The third kappa shape index (κ3) is 2.80. The Morgan fingerprint density at radius 2 is 2.08 bits per heavy atom. The highest BCUT2D eigenvalue weighted by atomic mass is 32.1. The molecule has 2 N–H and O–H groups in total. The van der Waals surface area contributed by atoms with Crippen molar-refractivity contribution < 1.29 is 9.53 Å². The number of anilines is 1. The summed E-state index contributed by atoms with van der Waals surface area (Å²) in [5, 5.41) is 1.85. The predicted octanol–water partition coefficient (Wildman–Crippen LogP) is 3.91. The van der Waals surface area contributed by atoms with E-state index in [1.54, 1.807) is 7.11 Å². The Morgan fingerprint density at radius 3 is 2.80 bits per heavy atom. The zero-order valence-corrected chi connectivity index (χ0v) is 15.2. The lowest BCUT2D eigenvalue weighted by Gasteiger charge is -2.30. The normalized spacial score (nSPS) is 15.8. The van der Waals surface area contributed by atoms with E-state index in [0.717, 1.165) is 52.8 Å². The molecule has 25 heavy (non-hydrogen) atoms. The molecular weight excluding hydrogens is 334 g/mol. The van der Waals surface area contributed by atoms with Gasteiger partial charge in [0.1, 0.15) is 15.5 Å². The van der Waals surface area contributed by atoms with Crippen LogP contribution in [0.1, 0.15) is 29.4 Å². The molecule has 1 saturated heterocycles. The van der Waals surface area contributed by atoms with Gasteiger partial charge in [-0.1, -0.05) is 6.92 Å². The highest BCUT2D eigenvalue weighted by Gasteiger charge is 2.25. The minimum absolute atomic E-state index is 0.0361. The van der Waals surface area contributed by atoms with Crippen molar-refractivity contribution in [1.82, 2.24) is 9.88 Å². The number of carbonyl (C=O) groups is 1. The zero-order chi connectivity index (χ0) is 17.6. The van der Waals surface area contributed by atoms with E-state index in [0.29, 0.717) is 16.5 Å². The van der Waals surface area contributed by atoms with E-state index >= 15 is 0 Å². The molecule has 0 radical (unpaired) electrons. The van der Waals surface area contributed by atoms with Gasteiger partial charge >= 0.3 is 0 Å². The number of carbonyl (C=O) groups excluding carboxylic acids is 1. The smallest absolute Gasteiger partial charge is 0.266 e. The van der Waals surface area contributed by atoms with Crippen LogP contribution in [0.15, 0.2) is 24.3 Å². The molecule has 4 rings (SSSR count). The van der Waals surface area contributed by atoms with Crippen LogP contribution in [0.5, 0.6) is 5.75 Å². The number of amides is 1. The Balaban J connectivity index is 1.76. The zero-order valence-electron chi connectivity index (χ0n) is 14.4. The van der Waals surface area contributed by atoms with Gasteiger partial charge in [0.05, 0.1) is 18.3 Å². The van der Waals surface area contributed by atoms with Crippen molar-refractivity contribution in [2.24, 2.45) is 5.92 Å². The number of rotatable bonds is 2. The number of hydrogen-bond donors (Lipinski definition) is 1. The summed E-state index contributed by atoms with van der Waals surface area (Å²) in [6, 6.07) is 7.78. The molecule has 130 valence electrons. The van der Waals surface area contributed by atoms with Gasteiger partial charge < -0.3 is 15.4 Å². The second-order valence-electron chi connectivity index (χ2n) is 6.72. The molecule has 1 aliphatic heterocycles. The summed E-state index contributed by atoms with van der Waals surface area (Å²) in [7, 11) is 1.64. The first kappa shape index (κ1) is 16.1. The van der Waals surface area contributed by atoms with E-state index in [1.807, 2.05) is 29.2 Å². The summed E-state index contributed by atoms with van der Waals surface area (Å²) in [5.41, 5.74) is 7.72. The van der Waals surface area contributed by atoms with Crippen LogP contribution in [0.3, 0.4) is 0 Å². The van der Waals surface area contributed by atoms with Crippen molar-refractivity contribution in [2.75, 3.05) is 25.9 Å². The number of ether oxygens (including phenoxy) is 1. The van der Waals surface area contributed by atoms with E-state index in [2.05, 4.69) is 6.92 Å². The third-order valence-corrected chi connectivity index (χ3v) is 6.09. The monoisotopic (exact) mass is 355 g/mol. The van der Waals surface area contributed by atoms with Crippen LogP contribution in [-0.2, 0) is 0 Å². The Hall–Kier alpha value is -2.34. The van der Waals surface area contributed by atoms with Crippen LogP contribution in [0.2, 0.25) is 0 Å². The van der Waals surface area contributed by atoms with Gasteiger partial charge in [0.15, 0.2) is 0 Å². The number of piperidine rings is 1. The SMILES string of the molecule is COc1ccc2cc3c(N)c(C(=O)N4CCC(C)CC4)sc3nc2c1. The number of nitrogens with two attached hydrogens (primary N) is 1. The van der Waals surface area contributed by atoms with Gasteiger partial charge in [-0.05, 0) is 37.0 Å². The Bertz CT molecular complexity index is 958. The minimum Gasteiger partial charge on any atom is -0.497 e. The molecule has 2 aromatic heterocycles. The van der Waals surface area contributed by atoms with Crippen LogP contribution in [0, 0.1) is 5.92 Å². The lowest BCUT2D eigenvalue weighted by Crippen LogP contribution is -2.37. The molecule has 0 bridgehead atoms. The van der Waals surface area contributed by atoms with Crippen molar-refractivity contribution >= 4 is 44.1 Å². The summed E-state index contributed by atoms with van der Waals surface area (Å²) >= 11 is 1.39. The molecule has 0 unspecified atom stereocenters. The standard InChI is InChI=1S/C19H21N3O2S/c1-11-5-7-22(8-6-11)19(23)17-16(20)14-9-12-3-4-13(24-2)10-15(12)21-18(14)25-17/h3-4,9-11H,5-8,20H2,1-2H3. The van der Waals surface area contributed by atoms with E-state index in [4.69, 9.17) is 15.5 Å². The number of methoxy groups -OCH3 is 1. The van der Waals surface area contributed by atoms with Gasteiger partial charge in [-0.15, -0.1) is 11.3 Å². The number of pyridine rings is 1. The molecule has 3 heterocycles. The molecule has 6 heteroatoms. The second kappa shape index (κ2) is 6.19. The largest absolute Gasteiger partial charge is 0.497 e. The Labute approximate surface area is 150 Å². The predicted molar refractivity (Wildman–Crippen MR) is 102 cm³/mol. The van der Waals surface area contributed by atoms with Crippen LogP contribution >= 0.6 is 11.3 Å². The molecule has 0 saturated carbocycles. The van der Waals surface area contributed by atoms with Gasteiger partial charge in [-0.25, -0.2) is 4.98 Å². The quantitative estimate of drug-likeness (QED) is 0.757. The molecule has 0 spiro atoms. The third-order valence-electron chi connectivity index (χ3n) is 4.99. The number of hydrogen-bond acceptors (Lipinski definition) is 5. The minimum atomic E-state index is 0.0361. The number of aromatic nitrogens is 1. The van der Waals surface area contributed by atoms with Gasteiger partial charge in [0, 0.05) is 29.9 Å². The Kier molecular flexibility index (Phi) is 4.00. The summed E-state index contributed by atoms with van der Waals surface area (Å²) in [5.74, 6) is 1.49. The fourth-order valence-electron chi connectivity index (χ4n) is 3.32. The fourth-order valence-corrected chi connectivity index (χ4v) is 4.37. The van der Waals surface area contributed by atoms with Crippen LogP contribution in [0.4, 0.5) is 5.69 Å². The molecule has 1 fully saturated rings. The van der Waals surface area contributed by atoms with Gasteiger partial charge in [0.2, 0.25) is 0 Å². The summed E-state index contributed by atoms with van der Waals surface area (Å²) in [6.45, 7) is 3.85. The number of fused-ring (bicyclic) bond motifs is 2. The topological polar surface area (TPSA) is 68.5 Å². The molecule has 5 nitrogen and oxygen atoms in total. The molecule has 1 amide bonds. The molecule has 1 aromatic carbocycles. The number of nitrogen functional groups attached to an aromatic ring is 1. The van der Waals surface area contributed by atoms with Gasteiger partial charge in [0.25, 0.3) is 5.91 Å². The highest BCUT2D eigenvalue weighted by molar-refractivity contribution is 7.21. The lowest BCUT2D eigenvalue weighted by atomic mass is 9.99. The van der Waals surface area contributed by atoms with Crippen molar-refractivity contribution in [3.05, 3.63) is 29.1 Å². The van der Waals surface area contributed by atoms with Gasteiger partial charge in [-0.2, -0.15) is 0 Å². The average molecular weight is 355 g/mol. The molecule has 3 aromatic rings. The first-order valence-electron chi connectivity index (χ1n) is 8.53. The molecule has 0 aliphatic carbocycles. The number of likely N-dealkylation sites (tertiary alicyclic amines) is 1. The summed E-state index contributed by atoms with van der Waals surface area (Å²) in [6.07, 6.45) is 2.11. The van der Waals surface area contributed by atoms with Gasteiger partial charge in [-0.3, -0.25) is 4.79 Å². The lowest BCUT2D eigenvalue weighted by molar-refractivity contribution is 0.0703. The van der Waals surface area contributed by atoms with Crippen LogP contribution < -0.4 is 10.5 Å². The van der Waals surface area contributed by atoms with E-state index in [1.165, 1.54) is 11.3 Å². The maximum atomic E-state index is 12.9. The summed E-state index contributed by atoms with van der Waals surface area (Å²) in [4.78, 5) is 20.9. The van der Waals surface area contributed by atoms with Crippen molar-refractivity contribution in [3.63, 3.8) is 0 Å². The Morgan fingerprint density at radius 1 is 1.32 bits per heavy atom. The van der Waals surface area contributed by atoms with Crippen molar-refractivity contribution in [2.45, 2.75) is 19.8 Å². The van der Waals surface area contributed by atoms with Crippen LogP contribution in [-0.4, -0.2) is 36.0 Å². The first-order chi connectivity index (χ1) is 12.1. The summed E-state index contributed by atoms with van der Waals surface area (Å²) < 4.78 is 5.27. The average Bonchev–Trinajstić information content (AvgIpc) is 2.95. The number of thiophene rings is 1. The maximum absolute atomic E-state index is 12.9. The molecule has 1 aliphatic rings. The fraction of sp³-hybridized carbons (Fsp3) is 0.368. The van der Waals surface area contributed by atoms with Crippen molar-refractivity contribution in [3.8, 4) is 5.75 Å². The van der Waals surface area contributed by atoms with Crippen molar-refractivity contribution in [1.29, 1.82) is 0 Å². The first-order valence-corrected chi connectivity index (χ1v) is 9.34. The number of nitrogens with zero attached hydrogens (tertiary/aromatic N) is 2. The van der Waals surface area contributed by atoms with E-state index in [9.17, 15) is 4.79 Å². The molecule has 0 atom stereocenters. The maximum Gasteiger partial charge on any atom is 0.266 e. The second-order valence-corrected chi connectivity index (χ2v) is 7.72. The molecular formula is C19H21N3O2S. The number of benzene rings is 1.